The quantitative estimate of drug-likeness (QED) is 0.298. The fourth-order valence-electron chi connectivity index (χ4n) is 0.0750. The summed E-state index contributed by atoms with van der Waals surface area (Å²) in [5, 5.41) is 0. The second kappa shape index (κ2) is 3.14. The third-order valence-corrected chi connectivity index (χ3v) is 1.22. The zero-order valence-corrected chi connectivity index (χ0v) is 7.27. The van der Waals surface area contributed by atoms with Gasteiger partial charge >= 0.3 is 0 Å². The van der Waals surface area contributed by atoms with Gasteiger partial charge in [-0.2, -0.15) is 0 Å². The van der Waals surface area contributed by atoms with Crippen molar-refractivity contribution in [3.63, 3.8) is 0 Å². The predicted octanol–water partition coefficient (Wildman–Crippen LogP) is 0.391. The first-order chi connectivity index (χ1) is 3.48. The summed E-state index contributed by atoms with van der Waals surface area (Å²) in [7, 11) is 0. The molecule has 0 rings (SSSR count). The molecule has 0 saturated carbocycles. The summed E-state index contributed by atoms with van der Waals surface area (Å²) in [6.45, 7) is 0. The molecule has 0 aliphatic carbocycles. The summed E-state index contributed by atoms with van der Waals surface area (Å²) >= 11 is 14.6. The largest absolute Gasteiger partial charge is 0.300 e. The Balaban J connectivity index is 3.82. The molecule has 0 radical (unpaired) electrons. The average Bonchev–Trinajstić information content (AvgIpc) is 1.62. The summed E-state index contributed by atoms with van der Waals surface area (Å²) in [4.78, 5) is 10.4. The Morgan fingerprint density at radius 1 is 1.38 bits per heavy atom. The Hall–Kier alpha value is 0.870. The van der Waals surface area contributed by atoms with Gasteiger partial charge in [-0.1, -0.05) is 12.8 Å². The standard InChI is InChI=1S/C2H5NOS4/c4-1(3-8)2(5,6)7/h5-8H,(H,3,4). The van der Waals surface area contributed by atoms with Gasteiger partial charge in [-0.15, -0.1) is 37.9 Å². The Morgan fingerprint density at radius 2 is 1.75 bits per heavy atom. The van der Waals surface area contributed by atoms with Crippen LogP contribution in [-0.2, 0) is 4.79 Å². The van der Waals surface area contributed by atoms with Crippen LogP contribution in [0.1, 0.15) is 0 Å². The molecule has 8 heavy (non-hydrogen) atoms. The smallest absolute Gasteiger partial charge is 0.265 e. The van der Waals surface area contributed by atoms with E-state index in [1.807, 2.05) is 4.72 Å². The predicted molar refractivity (Wildman–Crippen MR) is 46.8 cm³/mol. The van der Waals surface area contributed by atoms with Crippen molar-refractivity contribution in [2.45, 2.75) is 3.41 Å². The molecular weight excluding hydrogens is 182 g/mol. The number of amides is 1. The zero-order valence-electron chi connectivity index (χ0n) is 3.70. The van der Waals surface area contributed by atoms with E-state index in [-0.39, 0.29) is 0 Å². The second-order valence-corrected chi connectivity index (χ2v) is 4.37. The molecule has 1 N–H and O–H groups in total. The first-order valence-corrected chi connectivity index (χ1v) is 3.39. The van der Waals surface area contributed by atoms with Crippen LogP contribution in [0.15, 0.2) is 0 Å². The Morgan fingerprint density at radius 3 is 1.75 bits per heavy atom. The summed E-state index contributed by atoms with van der Waals surface area (Å²) < 4.78 is 0.797. The number of hydrogen-bond donors (Lipinski definition) is 5. The Kier molecular flexibility index (Phi) is 3.49. The Bertz CT molecular complexity index is 96.7. The lowest BCUT2D eigenvalue weighted by Crippen LogP contribution is -2.28. The number of carbonyl (C=O) groups is 1. The third-order valence-electron chi connectivity index (χ3n) is 0.406. The van der Waals surface area contributed by atoms with E-state index in [4.69, 9.17) is 0 Å². The molecule has 48 valence electrons. The van der Waals surface area contributed by atoms with Gasteiger partial charge in [0.15, 0.2) is 3.41 Å². The maximum Gasteiger partial charge on any atom is 0.265 e. The molecular formula is C2H5NOS4. The lowest BCUT2D eigenvalue weighted by molar-refractivity contribution is -0.117. The van der Waals surface area contributed by atoms with Crippen LogP contribution < -0.4 is 4.72 Å². The van der Waals surface area contributed by atoms with Crippen molar-refractivity contribution in [2.24, 2.45) is 0 Å². The minimum Gasteiger partial charge on any atom is -0.300 e. The minimum absolute atomic E-state index is 0.462. The van der Waals surface area contributed by atoms with Crippen LogP contribution in [-0.4, -0.2) is 9.32 Å². The molecule has 2 nitrogen and oxygen atoms in total. The number of carbonyl (C=O) groups excluding carboxylic acids is 1. The molecule has 0 heterocycles. The molecule has 0 saturated heterocycles. The average molecular weight is 187 g/mol. The van der Waals surface area contributed by atoms with Gasteiger partial charge in [0.2, 0.25) is 0 Å². The molecule has 0 aliphatic heterocycles. The van der Waals surface area contributed by atoms with Crippen LogP contribution in [0.3, 0.4) is 0 Å². The van der Waals surface area contributed by atoms with Crippen LogP contribution in [0.5, 0.6) is 0 Å². The van der Waals surface area contributed by atoms with E-state index in [1.54, 1.807) is 0 Å². The van der Waals surface area contributed by atoms with E-state index in [9.17, 15) is 4.79 Å². The maximum atomic E-state index is 10.4. The second-order valence-electron chi connectivity index (χ2n) is 1.08. The summed E-state index contributed by atoms with van der Waals surface area (Å²) in [5.74, 6) is -0.462. The topological polar surface area (TPSA) is 29.1 Å². The van der Waals surface area contributed by atoms with E-state index >= 15 is 0 Å². The van der Waals surface area contributed by atoms with Crippen LogP contribution in [0.2, 0.25) is 0 Å². The summed E-state index contributed by atoms with van der Waals surface area (Å²) in [5.41, 5.74) is 0. The van der Waals surface area contributed by atoms with Gasteiger partial charge in [0.25, 0.3) is 5.91 Å². The molecule has 0 bridgehead atoms. The monoisotopic (exact) mass is 187 g/mol. The van der Waals surface area contributed by atoms with Crippen molar-refractivity contribution >= 4 is 56.6 Å². The molecule has 0 fully saturated rings. The van der Waals surface area contributed by atoms with Gasteiger partial charge in [-0.25, -0.2) is 0 Å². The van der Waals surface area contributed by atoms with Gasteiger partial charge in [0.05, 0.1) is 0 Å². The van der Waals surface area contributed by atoms with Crippen molar-refractivity contribution in [3.8, 4) is 0 Å². The zero-order chi connectivity index (χ0) is 6.78. The van der Waals surface area contributed by atoms with Crippen LogP contribution in [0.4, 0.5) is 0 Å². The fourth-order valence-corrected chi connectivity index (χ4v) is 0.675. The SMILES string of the molecule is O=C(NS)C(S)(S)S. The van der Waals surface area contributed by atoms with Crippen molar-refractivity contribution in [2.75, 3.05) is 0 Å². The van der Waals surface area contributed by atoms with Gasteiger partial charge in [-0.3, -0.25) is 4.79 Å². The molecule has 0 aliphatic rings. The maximum absolute atomic E-state index is 10.4. The molecule has 0 aromatic heterocycles. The number of thiol groups is 4. The van der Waals surface area contributed by atoms with E-state index in [2.05, 4.69) is 50.7 Å². The van der Waals surface area contributed by atoms with E-state index in [0.29, 0.717) is 0 Å². The van der Waals surface area contributed by atoms with Crippen molar-refractivity contribution in [1.82, 2.24) is 4.72 Å². The normalized spacial score (nSPS) is 11.0. The van der Waals surface area contributed by atoms with E-state index in [1.165, 1.54) is 0 Å². The number of rotatable bonds is 1. The summed E-state index contributed by atoms with van der Waals surface area (Å²) in [6.07, 6.45) is 0. The van der Waals surface area contributed by atoms with E-state index < -0.39 is 9.32 Å². The van der Waals surface area contributed by atoms with Crippen molar-refractivity contribution in [3.05, 3.63) is 0 Å². The molecule has 0 spiro atoms. The highest BCUT2D eigenvalue weighted by molar-refractivity contribution is 8.18. The Labute approximate surface area is 69.6 Å². The van der Waals surface area contributed by atoms with Crippen LogP contribution in [0, 0.1) is 0 Å². The third kappa shape index (κ3) is 3.01. The van der Waals surface area contributed by atoms with Gasteiger partial charge in [0.1, 0.15) is 0 Å². The molecule has 0 aromatic carbocycles. The summed E-state index contributed by atoms with van der Waals surface area (Å²) in [6, 6.07) is 0. The van der Waals surface area contributed by atoms with E-state index in [0.717, 1.165) is 0 Å². The van der Waals surface area contributed by atoms with Gasteiger partial charge in [0, 0.05) is 0 Å². The molecule has 0 unspecified atom stereocenters. The minimum atomic E-state index is -1.23. The molecule has 0 atom stereocenters. The first kappa shape index (κ1) is 8.87. The lowest BCUT2D eigenvalue weighted by Gasteiger charge is -2.10. The lowest BCUT2D eigenvalue weighted by atomic mass is 10.7. The molecule has 1 amide bonds. The van der Waals surface area contributed by atoms with Crippen LogP contribution >= 0.6 is 50.7 Å². The van der Waals surface area contributed by atoms with Crippen LogP contribution in [0.25, 0.3) is 0 Å². The van der Waals surface area contributed by atoms with Crippen molar-refractivity contribution in [1.29, 1.82) is 0 Å². The highest BCUT2D eigenvalue weighted by Crippen LogP contribution is 2.23. The number of hydrogen-bond acceptors (Lipinski definition) is 5. The van der Waals surface area contributed by atoms with Gasteiger partial charge < -0.3 is 4.72 Å². The highest BCUT2D eigenvalue weighted by Gasteiger charge is 2.23. The molecule has 6 heteroatoms. The highest BCUT2D eigenvalue weighted by atomic mass is 32.2. The van der Waals surface area contributed by atoms with Gasteiger partial charge in [-0.05, 0) is 0 Å². The fraction of sp³-hybridized carbons (Fsp3) is 0.500. The number of nitrogens with one attached hydrogen (secondary N) is 1. The van der Waals surface area contributed by atoms with Crippen molar-refractivity contribution < 1.29 is 4.79 Å². The molecule has 0 aromatic rings. The first-order valence-electron chi connectivity index (χ1n) is 1.60.